The SMILES string of the molecule is COC(=O)c1sc(-c2cccc(C(F)(F)F)c2)nc1Cl. The van der Waals surface area contributed by atoms with E-state index in [2.05, 4.69) is 9.72 Å². The second-order valence-corrected chi connectivity index (χ2v) is 5.07. The third-order valence-electron chi connectivity index (χ3n) is 2.39. The van der Waals surface area contributed by atoms with Crippen LogP contribution in [0.3, 0.4) is 0 Å². The number of carbonyl (C=O) groups excluding carboxylic acids is 1. The molecule has 0 atom stereocenters. The molecule has 0 unspecified atom stereocenters. The zero-order valence-corrected chi connectivity index (χ0v) is 11.6. The molecule has 0 amide bonds. The largest absolute Gasteiger partial charge is 0.465 e. The molecule has 3 nitrogen and oxygen atoms in total. The molecule has 8 heteroatoms. The van der Waals surface area contributed by atoms with Crippen molar-refractivity contribution in [1.29, 1.82) is 0 Å². The standard InChI is InChI=1S/C12H7ClF3NO2S/c1-19-11(18)8-9(13)17-10(20-8)6-3-2-4-7(5-6)12(14,15)16/h2-5H,1H3. The molecular weight excluding hydrogens is 315 g/mol. The van der Waals surface area contributed by atoms with Crippen molar-refractivity contribution < 1.29 is 22.7 Å². The molecule has 0 fully saturated rings. The van der Waals surface area contributed by atoms with Crippen LogP contribution in [0.4, 0.5) is 13.2 Å². The molecule has 0 bridgehead atoms. The van der Waals surface area contributed by atoms with Crippen molar-refractivity contribution in [3.8, 4) is 10.6 Å². The van der Waals surface area contributed by atoms with Gasteiger partial charge in [-0.05, 0) is 12.1 Å². The lowest BCUT2D eigenvalue weighted by Crippen LogP contribution is -2.04. The number of aromatic nitrogens is 1. The Morgan fingerprint density at radius 2 is 2.10 bits per heavy atom. The molecule has 1 aromatic heterocycles. The van der Waals surface area contributed by atoms with Crippen molar-refractivity contribution in [2.45, 2.75) is 6.18 Å². The van der Waals surface area contributed by atoms with Gasteiger partial charge in [-0.25, -0.2) is 9.78 Å². The van der Waals surface area contributed by atoms with E-state index < -0.39 is 17.7 Å². The number of ether oxygens (including phenoxy) is 1. The number of rotatable bonds is 2. The molecule has 1 heterocycles. The zero-order valence-electron chi connectivity index (χ0n) is 9.99. The lowest BCUT2D eigenvalue weighted by molar-refractivity contribution is -0.137. The highest BCUT2D eigenvalue weighted by atomic mass is 35.5. The Kier molecular flexibility index (Phi) is 4.01. The minimum atomic E-state index is -4.44. The summed E-state index contributed by atoms with van der Waals surface area (Å²) >= 11 is 6.65. The molecule has 0 N–H and O–H groups in total. The smallest absolute Gasteiger partial charge is 0.416 e. The van der Waals surface area contributed by atoms with Crippen LogP contribution in [0.2, 0.25) is 5.15 Å². The third-order valence-corrected chi connectivity index (χ3v) is 3.86. The molecular formula is C12H7ClF3NO2S. The van der Waals surface area contributed by atoms with Crippen molar-refractivity contribution in [3.05, 3.63) is 39.9 Å². The maximum Gasteiger partial charge on any atom is 0.416 e. The highest BCUT2D eigenvalue weighted by Gasteiger charge is 2.30. The van der Waals surface area contributed by atoms with Crippen molar-refractivity contribution in [2.24, 2.45) is 0 Å². The van der Waals surface area contributed by atoms with Gasteiger partial charge >= 0.3 is 12.1 Å². The highest BCUT2D eigenvalue weighted by Crippen LogP contribution is 2.35. The number of halogens is 4. The van der Waals surface area contributed by atoms with Gasteiger partial charge in [-0.3, -0.25) is 0 Å². The summed E-state index contributed by atoms with van der Waals surface area (Å²) in [5.74, 6) is -0.675. The van der Waals surface area contributed by atoms with E-state index in [4.69, 9.17) is 11.6 Å². The van der Waals surface area contributed by atoms with Gasteiger partial charge in [-0.15, -0.1) is 11.3 Å². The number of hydrogen-bond donors (Lipinski definition) is 0. The summed E-state index contributed by atoms with van der Waals surface area (Å²) < 4.78 is 42.4. The Balaban J connectivity index is 2.45. The molecule has 0 saturated carbocycles. The van der Waals surface area contributed by atoms with E-state index >= 15 is 0 Å². The Morgan fingerprint density at radius 3 is 2.70 bits per heavy atom. The quantitative estimate of drug-likeness (QED) is 0.775. The fraction of sp³-hybridized carbons (Fsp3) is 0.167. The van der Waals surface area contributed by atoms with Gasteiger partial charge in [0, 0.05) is 5.56 Å². The van der Waals surface area contributed by atoms with E-state index in [1.807, 2.05) is 0 Å². The average molecular weight is 322 g/mol. The first-order valence-electron chi connectivity index (χ1n) is 5.25. The van der Waals surface area contributed by atoms with Gasteiger partial charge in [0.15, 0.2) is 10.0 Å². The molecule has 1 aromatic carbocycles. The summed E-state index contributed by atoms with van der Waals surface area (Å²) in [5.41, 5.74) is -0.553. The van der Waals surface area contributed by atoms with E-state index in [9.17, 15) is 18.0 Å². The van der Waals surface area contributed by atoms with Gasteiger partial charge in [0.2, 0.25) is 0 Å². The van der Waals surface area contributed by atoms with E-state index in [1.165, 1.54) is 19.2 Å². The molecule has 2 aromatic rings. The van der Waals surface area contributed by atoms with E-state index in [0.717, 1.165) is 23.5 Å². The molecule has 0 spiro atoms. The van der Waals surface area contributed by atoms with E-state index in [1.54, 1.807) is 0 Å². The van der Waals surface area contributed by atoms with E-state index in [-0.39, 0.29) is 20.6 Å². The number of nitrogens with zero attached hydrogens (tertiary/aromatic N) is 1. The van der Waals surface area contributed by atoms with Crippen LogP contribution in [0.1, 0.15) is 15.2 Å². The molecule has 0 radical (unpaired) electrons. The summed E-state index contributed by atoms with van der Waals surface area (Å²) in [6.07, 6.45) is -4.44. The molecule has 2 rings (SSSR count). The van der Waals surface area contributed by atoms with Gasteiger partial charge in [0.25, 0.3) is 0 Å². The first kappa shape index (κ1) is 14.8. The number of esters is 1. The van der Waals surface area contributed by atoms with Gasteiger partial charge in [0.1, 0.15) is 5.01 Å². The van der Waals surface area contributed by atoms with Crippen LogP contribution in [-0.2, 0) is 10.9 Å². The second-order valence-electron chi connectivity index (χ2n) is 3.71. The van der Waals surface area contributed by atoms with E-state index in [0.29, 0.717) is 0 Å². The number of thiazole rings is 1. The molecule has 0 aliphatic heterocycles. The van der Waals surface area contributed by atoms with Crippen molar-refractivity contribution in [2.75, 3.05) is 7.11 Å². The summed E-state index contributed by atoms with van der Waals surface area (Å²) in [6.45, 7) is 0. The van der Waals surface area contributed by atoms with Crippen LogP contribution in [0.25, 0.3) is 10.6 Å². The molecule has 0 saturated heterocycles. The van der Waals surface area contributed by atoms with Gasteiger partial charge in [0.05, 0.1) is 12.7 Å². The number of hydrogen-bond acceptors (Lipinski definition) is 4. The number of methoxy groups -OCH3 is 1. The lowest BCUT2D eigenvalue weighted by Gasteiger charge is -2.07. The van der Waals surface area contributed by atoms with Crippen LogP contribution in [0.5, 0.6) is 0 Å². The zero-order chi connectivity index (χ0) is 14.9. The van der Waals surface area contributed by atoms with Crippen molar-refractivity contribution in [1.82, 2.24) is 4.98 Å². The Labute approximate surface area is 121 Å². The number of alkyl halides is 3. The predicted molar refractivity (Wildman–Crippen MR) is 68.9 cm³/mol. The maximum atomic E-state index is 12.6. The summed E-state index contributed by atoms with van der Waals surface area (Å²) in [7, 11) is 1.18. The Hall–Kier alpha value is -1.60. The first-order chi connectivity index (χ1) is 9.32. The summed E-state index contributed by atoms with van der Waals surface area (Å²) in [6, 6.07) is 4.65. The highest BCUT2D eigenvalue weighted by molar-refractivity contribution is 7.17. The van der Waals surface area contributed by atoms with Gasteiger partial charge in [-0.1, -0.05) is 23.7 Å². The molecule has 20 heavy (non-hydrogen) atoms. The minimum Gasteiger partial charge on any atom is -0.465 e. The minimum absolute atomic E-state index is 0.0570. The molecule has 0 aliphatic carbocycles. The lowest BCUT2D eigenvalue weighted by atomic mass is 10.1. The monoisotopic (exact) mass is 321 g/mol. The predicted octanol–water partition coefficient (Wildman–Crippen LogP) is 4.27. The summed E-state index contributed by atoms with van der Waals surface area (Å²) in [4.78, 5) is 15.3. The number of carbonyl (C=O) groups is 1. The first-order valence-corrected chi connectivity index (χ1v) is 6.44. The van der Waals surface area contributed by atoms with Crippen LogP contribution in [0.15, 0.2) is 24.3 Å². The normalized spacial score (nSPS) is 11.4. The maximum absolute atomic E-state index is 12.6. The summed E-state index contributed by atoms with van der Waals surface area (Å²) in [5, 5.41) is 0.135. The fourth-order valence-electron chi connectivity index (χ4n) is 1.47. The van der Waals surface area contributed by atoms with Gasteiger partial charge < -0.3 is 4.74 Å². The van der Waals surface area contributed by atoms with Crippen LogP contribution < -0.4 is 0 Å². The topological polar surface area (TPSA) is 39.2 Å². The van der Waals surface area contributed by atoms with Crippen LogP contribution in [-0.4, -0.2) is 18.1 Å². The average Bonchev–Trinajstić information content (AvgIpc) is 2.79. The third kappa shape index (κ3) is 2.94. The second kappa shape index (κ2) is 5.41. The van der Waals surface area contributed by atoms with Crippen LogP contribution >= 0.6 is 22.9 Å². The molecule has 106 valence electrons. The van der Waals surface area contributed by atoms with Gasteiger partial charge in [-0.2, -0.15) is 13.2 Å². The molecule has 0 aliphatic rings. The van der Waals surface area contributed by atoms with Crippen molar-refractivity contribution in [3.63, 3.8) is 0 Å². The Bertz CT molecular complexity index is 654. The van der Waals surface area contributed by atoms with Crippen LogP contribution in [0, 0.1) is 0 Å². The Morgan fingerprint density at radius 1 is 1.40 bits per heavy atom. The number of benzene rings is 1. The van der Waals surface area contributed by atoms with Crippen molar-refractivity contribution >= 4 is 28.9 Å². The fourth-order valence-corrected chi connectivity index (χ4v) is 2.67.